The van der Waals surface area contributed by atoms with Gasteiger partial charge in [0, 0.05) is 91.0 Å². The lowest BCUT2D eigenvalue weighted by Gasteiger charge is -2.58. The van der Waals surface area contributed by atoms with Gasteiger partial charge in [0.25, 0.3) is 13.4 Å². The largest absolute Gasteiger partial charge is 0.311 e. The molecule has 13 aromatic rings. The molecule has 0 atom stereocenters. The molecular weight excluding hydrogens is 1520 g/mol. The number of nitrogens with zero attached hydrogens (tertiary/aromatic N) is 6. The first-order valence-corrected chi connectivity index (χ1v) is 49.3. The fraction of sp³-hybridized carbons (Fsp3) is 0.339. The van der Waals surface area contributed by atoms with Crippen molar-refractivity contribution in [2.75, 3.05) is 29.4 Å². The van der Waals surface area contributed by atoms with Gasteiger partial charge in [0.1, 0.15) is 0 Å². The molecule has 618 valence electrons. The summed E-state index contributed by atoms with van der Waals surface area (Å²) >= 11 is 0. The summed E-state index contributed by atoms with van der Waals surface area (Å²) in [5, 5.41) is 0. The lowest BCUT2D eigenvalue weighted by molar-refractivity contribution is -0.00538. The van der Waals surface area contributed by atoms with E-state index in [1.807, 2.05) is 0 Å². The molecule has 4 aliphatic heterocycles. The van der Waals surface area contributed by atoms with E-state index in [0.29, 0.717) is 0 Å². The summed E-state index contributed by atoms with van der Waals surface area (Å²) in [6.45, 7) is -0.311. The van der Waals surface area contributed by atoms with Crippen LogP contribution in [-0.4, -0.2) is 13.4 Å². The first kappa shape index (κ1) is 72.9. The third-order valence-corrected chi connectivity index (χ3v) is 36.6. The number of anilines is 18. The molecule has 16 saturated carbocycles. The molecular formula is C118H110B2N6. The summed E-state index contributed by atoms with van der Waals surface area (Å²) in [4.78, 5) is 16.8. The SMILES string of the molecule is c1ccc(N2c3ccccc3B3c4cc5c(cc4N(c4ccccc4)c4cc(N(c6ccccc6C67CC8CC(CC(C8)C6)C7)c6ccccc6C67CC8CC(CC(C8)C6)C7)cc2c43)N(c2ccccc2)c2cc(N(c3ccccc3C34CC6CC(CC(C6)C3)C4)c3ccccc3C34CC6CC(CC(C6)C3)C4)cc3c2B5c2ccccc2N3c2ccccc2)cc1. The smallest absolute Gasteiger partial charge is 0.252 e. The van der Waals surface area contributed by atoms with Crippen molar-refractivity contribution in [3.05, 3.63) is 326 Å². The zero-order valence-corrected chi connectivity index (χ0v) is 72.6. The lowest BCUT2D eigenvalue weighted by atomic mass is 9.30. The lowest BCUT2D eigenvalue weighted by Crippen LogP contribution is -2.65. The van der Waals surface area contributed by atoms with Crippen molar-refractivity contribution < 1.29 is 0 Å². The van der Waals surface area contributed by atoms with Gasteiger partial charge in [-0.1, -0.05) is 188 Å². The Kier molecular flexibility index (Phi) is 15.7. The van der Waals surface area contributed by atoms with Crippen molar-refractivity contribution in [1.82, 2.24) is 0 Å². The molecule has 16 fully saturated rings. The third kappa shape index (κ3) is 10.7. The van der Waals surface area contributed by atoms with Gasteiger partial charge in [0.05, 0.1) is 11.4 Å². The second-order valence-corrected chi connectivity index (χ2v) is 44.0. The van der Waals surface area contributed by atoms with Gasteiger partial charge in [0.2, 0.25) is 0 Å². The Morgan fingerprint density at radius 1 is 0.198 bits per heavy atom. The van der Waals surface area contributed by atoms with E-state index in [9.17, 15) is 0 Å². The molecule has 16 aliphatic carbocycles. The molecule has 13 aromatic carbocycles. The Morgan fingerprint density at radius 3 is 0.667 bits per heavy atom. The fourth-order valence-corrected chi connectivity index (χ4v) is 34.1. The van der Waals surface area contributed by atoms with Gasteiger partial charge >= 0.3 is 0 Å². The van der Waals surface area contributed by atoms with E-state index in [2.05, 4.69) is 333 Å². The van der Waals surface area contributed by atoms with Crippen molar-refractivity contribution in [3.8, 4) is 0 Å². The maximum absolute atomic E-state index is 2.91. The number of hydrogen-bond acceptors (Lipinski definition) is 6. The van der Waals surface area contributed by atoms with E-state index >= 15 is 0 Å². The van der Waals surface area contributed by atoms with Crippen LogP contribution in [-0.2, 0) is 21.7 Å². The van der Waals surface area contributed by atoms with E-state index < -0.39 is 0 Å². The minimum Gasteiger partial charge on any atom is -0.311 e. The van der Waals surface area contributed by atoms with Crippen LogP contribution in [0.25, 0.3) is 0 Å². The molecule has 0 radical (unpaired) electrons. The second kappa shape index (κ2) is 27.2. The van der Waals surface area contributed by atoms with Crippen LogP contribution < -0.4 is 62.2 Å². The van der Waals surface area contributed by atoms with Crippen LogP contribution in [0.4, 0.5) is 102 Å². The van der Waals surface area contributed by atoms with Crippen LogP contribution in [0.3, 0.4) is 0 Å². The molecule has 8 heteroatoms. The minimum atomic E-state index is -0.155. The summed E-state index contributed by atoms with van der Waals surface area (Å²) in [5.41, 5.74) is 37.5. The molecule has 4 heterocycles. The summed E-state index contributed by atoms with van der Waals surface area (Å²) in [6.07, 6.45) is 32.5. The molecule has 0 unspecified atom stereocenters. The highest BCUT2D eigenvalue weighted by Crippen LogP contribution is 2.69. The number of para-hydroxylation sites is 10. The van der Waals surface area contributed by atoms with Crippen molar-refractivity contribution in [3.63, 3.8) is 0 Å². The van der Waals surface area contributed by atoms with Crippen LogP contribution in [0.2, 0.25) is 0 Å². The summed E-state index contributed by atoms with van der Waals surface area (Å²) in [6, 6.07) is 122. The highest BCUT2D eigenvalue weighted by molar-refractivity contribution is 7.03. The Morgan fingerprint density at radius 2 is 0.413 bits per heavy atom. The Balaban J connectivity index is 0.704. The topological polar surface area (TPSA) is 19.4 Å². The summed E-state index contributed by atoms with van der Waals surface area (Å²) in [7, 11) is 0. The number of rotatable bonds is 14. The van der Waals surface area contributed by atoms with E-state index in [-0.39, 0.29) is 35.1 Å². The van der Waals surface area contributed by atoms with Gasteiger partial charge in [-0.15, -0.1) is 0 Å². The molecule has 6 nitrogen and oxygen atoms in total. The van der Waals surface area contributed by atoms with Crippen LogP contribution in [0.5, 0.6) is 0 Å². The fourth-order valence-electron chi connectivity index (χ4n) is 34.1. The van der Waals surface area contributed by atoms with Gasteiger partial charge in [-0.3, -0.25) is 0 Å². The number of fused-ring (bicyclic) bond motifs is 8. The standard InChI is InChI=1S/C118H110B2N6/c1-5-25-87(26-6-1)121-105-43-23-17-37-97(105)119-99-61-100-108(62-107(99)123(89-29-9-3-10-30-89)111-59-91(57-109(121)113(111)119)125(101-39-19-13-33-93(101)115-63-75-45-76(64-115)47-77(46-75)65-115)102-40-20-14-34-94(102)116-66-78-48-79(67-116)50-80(49-78)68-116)124(90-31-11-4-12-32-90)112-60-92(58-110-114(112)120(100)98-38-18-24-44-106(98)122(110)88-27-7-2-8-28-88)126(103-41-21-15-35-95(103)117-69-81-51-82(70-117)53-83(52-81)71-117)104-42-22-16-36-96(104)118-72-84-54-85(73-118)56-86(55-84)74-118/h1-44,57-62,75-86H,45-56,63-74H2. The molecule has 0 aromatic heterocycles. The van der Waals surface area contributed by atoms with E-state index in [4.69, 9.17) is 0 Å². The van der Waals surface area contributed by atoms with E-state index in [0.717, 1.165) is 82.4 Å². The van der Waals surface area contributed by atoms with Gasteiger partial charge in [-0.25, -0.2) is 0 Å². The molecule has 33 rings (SSSR count). The highest BCUT2D eigenvalue weighted by Gasteiger charge is 2.59. The normalized spacial score (nSPS) is 30.1. The molecule has 20 aliphatic rings. The summed E-state index contributed by atoms with van der Waals surface area (Å²) in [5.74, 6) is 9.56. The van der Waals surface area contributed by atoms with Gasteiger partial charge in [-0.05, 0) is 417 Å². The highest BCUT2D eigenvalue weighted by atomic mass is 15.2. The molecule has 16 bridgehead atoms. The maximum atomic E-state index is 2.91. The van der Waals surface area contributed by atoms with E-state index in [1.54, 1.807) is 22.3 Å². The van der Waals surface area contributed by atoms with Gasteiger partial charge in [0.15, 0.2) is 0 Å². The van der Waals surface area contributed by atoms with Crippen LogP contribution in [0.1, 0.15) is 176 Å². The molecule has 0 saturated heterocycles. The van der Waals surface area contributed by atoms with E-state index in [1.165, 1.54) is 278 Å². The minimum absolute atomic E-state index is 0.120. The second-order valence-electron chi connectivity index (χ2n) is 44.0. The Hall–Kier alpha value is -11.2. The predicted octanol–water partition coefficient (Wildman–Crippen LogP) is 26.7. The number of hydrogen-bond donors (Lipinski definition) is 0. The van der Waals surface area contributed by atoms with Crippen molar-refractivity contribution in [1.29, 1.82) is 0 Å². The van der Waals surface area contributed by atoms with Crippen molar-refractivity contribution in [2.24, 2.45) is 71.0 Å². The predicted molar refractivity (Wildman–Crippen MR) is 523 cm³/mol. The van der Waals surface area contributed by atoms with Crippen molar-refractivity contribution in [2.45, 2.75) is 176 Å². The average Bonchev–Trinajstić information content (AvgIpc) is 0.676. The van der Waals surface area contributed by atoms with Crippen LogP contribution in [0.15, 0.2) is 303 Å². The Bertz CT molecular complexity index is 5900. The van der Waals surface area contributed by atoms with Gasteiger partial charge < -0.3 is 29.4 Å². The molecule has 0 spiro atoms. The summed E-state index contributed by atoms with van der Waals surface area (Å²) < 4.78 is 0. The zero-order chi connectivity index (χ0) is 82.0. The zero-order valence-electron chi connectivity index (χ0n) is 72.6. The first-order valence-electron chi connectivity index (χ1n) is 49.3. The van der Waals surface area contributed by atoms with Crippen LogP contribution in [0, 0.1) is 71.0 Å². The Labute approximate surface area is 745 Å². The van der Waals surface area contributed by atoms with Gasteiger partial charge in [-0.2, -0.15) is 0 Å². The van der Waals surface area contributed by atoms with Crippen LogP contribution >= 0.6 is 0 Å². The third-order valence-electron chi connectivity index (χ3n) is 36.6. The maximum Gasteiger partial charge on any atom is 0.252 e. The number of benzene rings is 13. The first-order chi connectivity index (χ1) is 62.2. The molecule has 0 amide bonds. The van der Waals surface area contributed by atoms with Crippen molar-refractivity contribution >= 4 is 149 Å². The molecule has 126 heavy (non-hydrogen) atoms. The molecule has 0 N–H and O–H groups in total. The monoisotopic (exact) mass is 1630 g/mol. The quantitative estimate of drug-likeness (QED) is 0.100. The average molecular weight is 1630 g/mol.